The van der Waals surface area contributed by atoms with E-state index < -0.39 is 11.3 Å². The molecule has 0 atom stereocenters. The minimum absolute atomic E-state index is 0.246. The van der Waals surface area contributed by atoms with E-state index in [2.05, 4.69) is 14.9 Å². The third-order valence-corrected chi connectivity index (χ3v) is 5.76. The number of hydrogen-bond donors (Lipinski definition) is 3. The molecule has 0 saturated carbocycles. The minimum atomic E-state index is -0.842. The van der Waals surface area contributed by atoms with E-state index in [4.69, 9.17) is 4.74 Å². The summed E-state index contributed by atoms with van der Waals surface area (Å²) in [6, 6.07) is 16.5. The third-order valence-electron chi connectivity index (χ3n) is 5.76. The molecule has 30 heavy (non-hydrogen) atoms. The highest BCUT2D eigenvalue weighted by Crippen LogP contribution is 2.33. The average Bonchev–Trinajstić information content (AvgIpc) is 3.15. The number of ketones is 1. The first-order valence-electron chi connectivity index (χ1n) is 9.99. The van der Waals surface area contributed by atoms with Crippen LogP contribution in [0, 0.1) is 0 Å². The number of aromatic amines is 2. The van der Waals surface area contributed by atoms with Crippen LogP contribution in [0.4, 0.5) is 0 Å². The Kier molecular flexibility index (Phi) is 5.57. The van der Waals surface area contributed by atoms with Crippen LogP contribution in [0.15, 0.2) is 59.4 Å². The lowest BCUT2D eigenvalue weighted by molar-refractivity contribution is -0.0280. The summed E-state index contributed by atoms with van der Waals surface area (Å²) >= 11 is 0. The molecule has 7 nitrogen and oxygen atoms in total. The molecule has 0 unspecified atom stereocenters. The highest BCUT2D eigenvalue weighted by molar-refractivity contribution is 6.08. The molecule has 0 aliphatic carbocycles. The van der Waals surface area contributed by atoms with Crippen molar-refractivity contribution in [3.05, 3.63) is 87.6 Å². The lowest BCUT2D eigenvalue weighted by atomic mass is 9.84. The quantitative estimate of drug-likeness (QED) is 0.545. The Labute approximate surface area is 174 Å². The Balaban J connectivity index is 1.47. The fraction of sp³-hybridized carbons (Fsp3) is 0.304. The van der Waals surface area contributed by atoms with E-state index in [0.29, 0.717) is 49.5 Å². The van der Waals surface area contributed by atoms with Gasteiger partial charge >= 0.3 is 5.69 Å². The van der Waals surface area contributed by atoms with Gasteiger partial charge in [-0.15, -0.1) is 0 Å². The molecule has 1 fully saturated rings. The van der Waals surface area contributed by atoms with Crippen LogP contribution in [0.5, 0.6) is 5.75 Å². The van der Waals surface area contributed by atoms with Crippen LogP contribution >= 0.6 is 0 Å². The summed E-state index contributed by atoms with van der Waals surface area (Å²) in [5, 5.41) is 11.0. The number of ether oxygens (including phenoxy) is 1. The first-order chi connectivity index (χ1) is 14.5. The Morgan fingerprint density at radius 1 is 1.07 bits per heavy atom. The van der Waals surface area contributed by atoms with Crippen molar-refractivity contribution in [1.82, 2.24) is 14.9 Å². The van der Waals surface area contributed by atoms with Gasteiger partial charge in [-0.2, -0.15) is 0 Å². The number of aliphatic hydroxyl groups is 1. The summed E-state index contributed by atoms with van der Waals surface area (Å²) in [4.78, 5) is 32.4. The summed E-state index contributed by atoms with van der Waals surface area (Å²) in [6.07, 6.45) is 1.18. The van der Waals surface area contributed by atoms with E-state index in [1.54, 1.807) is 31.4 Å². The van der Waals surface area contributed by atoms with Gasteiger partial charge < -0.3 is 19.8 Å². The van der Waals surface area contributed by atoms with Crippen molar-refractivity contribution in [2.45, 2.75) is 25.0 Å². The zero-order valence-corrected chi connectivity index (χ0v) is 16.9. The average molecular weight is 407 g/mol. The molecule has 0 radical (unpaired) electrons. The van der Waals surface area contributed by atoms with Gasteiger partial charge in [-0.3, -0.25) is 9.69 Å². The van der Waals surface area contributed by atoms with Crippen LogP contribution in [-0.4, -0.2) is 46.0 Å². The zero-order valence-electron chi connectivity index (χ0n) is 16.9. The van der Waals surface area contributed by atoms with E-state index in [-0.39, 0.29) is 11.5 Å². The Hall–Kier alpha value is -3.16. The summed E-state index contributed by atoms with van der Waals surface area (Å²) in [7, 11) is 1.57. The summed E-state index contributed by atoms with van der Waals surface area (Å²) < 4.78 is 5.13. The fourth-order valence-electron chi connectivity index (χ4n) is 3.96. The van der Waals surface area contributed by atoms with Gasteiger partial charge in [0.2, 0.25) is 5.78 Å². The molecule has 3 N–H and O–H groups in total. The maximum atomic E-state index is 12.9. The minimum Gasteiger partial charge on any atom is -0.497 e. The molecule has 2 heterocycles. The molecule has 7 heteroatoms. The molecular weight excluding hydrogens is 382 g/mol. The van der Waals surface area contributed by atoms with Crippen molar-refractivity contribution in [1.29, 1.82) is 0 Å². The van der Waals surface area contributed by atoms with Crippen LogP contribution in [0.25, 0.3) is 0 Å². The predicted molar refractivity (Wildman–Crippen MR) is 113 cm³/mol. The maximum Gasteiger partial charge on any atom is 0.323 e. The van der Waals surface area contributed by atoms with Gasteiger partial charge in [0.1, 0.15) is 11.4 Å². The molecule has 0 spiro atoms. The monoisotopic (exact) mass is 407 g/mol. The molecule has 4 rings (SSSR count). The number of nitrogens with zero attached hydrogens (tertiary/aromatic N) is 1. The Bertz CT molecular complexity index is 1060. The second-order valence-electron chi connectivity index (χ2n) is 7.66. The number of carbonyl (C=O) groups excluding carboxylic acids is 1. The van der Waals surface area contributed by atoms with Crippen LogP contribution in [0.2, 0.25) is 0 Å². The standard InChI is InChI=1S/C23H25N3O4/c1-30-18-9-7-16(8-10-18)21(27)20-19(24-22(28)25-20)15-26-13-11-23(29,12-14-26)17-5-3-2-4-6-17/h2-10,29H,11-15H2,1H3,(H2,24,25,28). The van der Waals surface area contributed by atoms with E-state index in [1.807, 2.05) is 30.3 Å². The number of methoxy groups -OCH3 is 1. The number of aromatic nitrogens is 2. The van der Waals surface area contributed by atoms with E-state index in [9.17, 15) is 14.7 Å². The number of likely N-dealkylation sites (tertiary alicyclic amines) is 1. The number of imidazole rings is 1. The van der Waals surface area contributed by atoms with Gasteiger partial charge in [-0.1, -0.05) is 30.3 Å². The van der Waals surface area contributed by atoms with Crippen molar-refractivity contribution in [3.8, 4) is 5.75 Å². The second kappa shape index (κ2) is 8.30. The number of nitrogens with one attached hydrogen (secondary N) is 2. The highest BCUT2D eigenvalue weighted by Gasteiger charge is 2.34. The second-order valence-corrected chi connectivity index (χ2v) is 7.66. The highest BCUT2D eigenvalue weighted by atomic mass is 16.5. The van der Waals surface area contributed by atoms with Crippen LogP contribution in [-0.2, 0) is 12.1 Å². The first-order valence-corrected chi connectivity index (χ1v) is 9.99. The first kappa shape index (κ1) is 20.1. The Morgan fingerprint density at radius 2 is 1.73 bits per heavy atom. The fourth-order valence-corrected chi connectivity index (χ4v) is 3.96. The van der Waals surface area contributed by atoms with E-state index >= 15 is 0 Å². The van der Waals surface area contributed by atoms with Gasteiger partial charge in [-0.05, 0) is 42.7 Å². The van der Waals surface area contributed by atoms with Gasteiger partial charge in [0.15, 0.2) is 0 Å². The molecule has 1 aliphatic rings. The van der Waals surface area contributed by atoms with Crippen LogP contribution in [0.3, 0.4) is 0 Å². The van der Waals surface area contributed by atoms with E-state index in [1.165, 1.54) is 0 Å². The SMILES string of the molecule is COc1ccc(C(=O)c2[nH]c(=O)[nH]c2CN2CCC(O)(c3ccccc3)CC2)cc1. The predicted octanol–water partition coefficient (Wildman–Crippen LogP) is 2.43. The maximum absolute atomic E-state index is 12.9. The molecule has 0 amide bonds. The summed E-state index contributed by atoms with van der Waals surface area (Å²) in [6.45, 7) is 1.75. The largest absolute Gasteiger partial charge is 0.497 e. The normalized spacial score (nSPS) is 16.3. The van der Waals surface area contributed by atoms with Gasteiger partial charge in [0, 0.05) is 25.2 Å². The van der Waals surface area contributed by atoms with Crippen molar-refractivity contribution in [3.63, 3.8) is 0 Å². The molecule has 1 aromatic heterocycles. The molecule has 2 aromatic carbocycles. The third kappa shape index (κ3) is 4.08. The van der Waals surface area contributed by atoms with E-state index in [0.717, 1.165) is 5.56 Å². The van der Waals surface area contributed by atoms with Gasteiger partial charge in [0.25, 0.3) is 0 Å². The lowest BCUT2D eigenvalue weighted by Crippen LogP contribution is -2.42. The van der Waals surface area contributed by atoms with Crippen molar-refractivity contribution >= 4 is 5.78 Å². The number of H-pyrrole nitrogens is 2. The lowest BCUT2D eigenvalue weighted by Gasteiger charge is -2.38. The molecule has 3 aromatic rings. The molecule has 1 aliphatic heterocycles. The molecule has 1 saturated heterocycles. The van der Waals surface area contributed by atoms with Gasteiger partial charge in [0.05, 0.1) is 18.4 Å². The van der Waals surface area contributed by atoms with Crippen molar-refractivity contribution < 1.29 is 14.6 Å². The summed E-state index contributed by atoms with van der Waals surface area (Å²) in [5.74, 6) is 0.414. The van der Waals surface area contributed by atoms with Crippen molar-refractivity contribution in [2.24, 2.45) is 0 Å². The van der Waals surface area contributed by atoms with Crippen molar-refractivity contribution in [2.75, 3.05) is 20.2 Å². The summed E-state index contributed by atoms with van der Waals surface area (Å²) in [5.41, 5.74) is 0.990. The number of hydrogen-bond acceptors (Lipinski definition) is 5. The smallest absolute Gasteiger partial charge is 0.323 e. The molecule has 156 valence electrons. The van der Waals surface area contributed by atoms with Crippen LogP contribution < -0.4 is 10.4 Å². The zero-order chi connectivity index (χ0) is 21.1. The molecule has 0 bridgehead atoms. The molecular formula is C23H25N3O4. The number of piperidine rings is 1. The van der Waals surface area contributed by atoms with Gasteiger partial charge in [-0.25, -0.2) is 4.79 Å². The van der Waals surface area contributed by atoms with Crippen LogP contribution in [0.1, 0.15) is 40.2 Å². The number of benzene rings is 2. The number of rotatable bonds is 6. The topological polar surface area (TPSA) is 98.4 Å². The number of carbonyl (C=O) groups is 1. The Morgan fingerprint density at radius 3 is 2.37 bits per heavy atom.